The first kappa shape index (κ1) is 29.5. The highest BCUT2D eigenvalue weighted by molar-refractivity contribution is 7.98. The molecule has 1 fully saturated rings. The molecule has 1 saturated heterocycles. The van der Waals surface area contributed by atoms with Gasteiger partial charge in [0.1, 0.15) is 12.1 Å². The van der Waals surface area contributed by atoms with Crippen molar-refractivity contribution in [1.82, 2.24) is 21.3 Å². The first-order chi connectivity index (χ1) is 16.1. The summed E-state index contributed by atoms with van der Waals surface area (Å²) in [7, 11) is 0. The number of hydrogen-bond acceptors (Lipinski definition) is 8. The molecule has 3 amide bonds. The Morgan fingerprint density at radius 1 is 1.12 bits per heavy atom. The van der Waals surface area contributed by atoms with Gasteiger partial charge in [-0.1, -0.05) is 0 Å². The number of aliphatic carboxylic acids is 1. The summed E-state index contributed by atoms with van der Waals surface area (Å²) in [5.41, 5.74) is 10.6. The van der Waals surface area contributed by atoms with E-state index >= 15 is 0 Å². The van der Waals surface area contributed by atoms with E-state index in [4.69, 9.17) is 11.5 Å². The van der Waals surface area contributed by atoms with E-state index in [1.165, 1.54) is 18.7 Å². The van der Waals surface area contributed by atoms with Crippen LogP contribution in [-0.4, -0.2) is 95.2 Å². The van der Waals surface area contributed by atoms with Crippen molar-refractivity contribution in [2.45, 2.75) is 69.3 Å². The molecule has 0 radical (unpaired) electrons. The van der Waals surface area contributed by atoms with Gasteiger partial charge in [-0.2, -0.15) is 11.8 Å². The van der Waals surface area contributed by atoms with E-state index in [0.29, 0.717) is 25.0 Å². The van der Waals surface area contributed by atoms with Gasteiger partial charge < -0.3 is 42.9 Å². The highest BCUT2D eigenvalue weighted by Crippen LogP contribution is 2.08. The fourth-order valence-corrected chi connectivity index (χ4v) is 3.84. The van der Waals surface area contributed by atoms with E-state index in [9.17, 15) is 29.4 Å². The number of carbonyl (C=O) groups is 4. The number of nitrogens with one attached hydrogen (secondary N) is 4. The summed E-state index contributed by atoms with van der Waals surface area (Å²) in [6.07, 6.45) is 2.83. The molecule has 1 heterocycles. The summed E-state index contributed by atoms with van der Waals surface area (Å²) in [6.45, 7) is 2.16. The number of nitrogens with two attached hydrogens (primary N) is 2. The summed E-state index contributed by atoms with van der Waals surface area (Å²) in [6, 6.07) is -3.92. The van der Waals surface area contributed by atoms with Crippen LogP contribution in [0.2, 0.25) is 0 Å². The molecule has 10 N–H and O–H groups in total. The quantitative estimate of drug-likeness (QED) is 0.0664. The molecule has 0 aromatic carbocycles. The minimum Gasteiger partial charge on any atom is -0.480 e. The van der Waals surface area contributed by atoms with Crippen LogP contribution in [0.5, 0.6) is 0 Å². The summed E-state index contributed by atoms with van der Waals surface area (Å²) in [5, 5.41) is 29.6. The predicted molar refractivity (Wildman–Crippen MR) is 129 cm³/mol. The van der Waals surface area contributed by atoms with Gasteiger partial charge in [-0.3, -0.25) is 19.4 Å². The van der Waals surface area contributed by atoms with Gasteiger partial charge in [0, 0.05) is 6.54 Å². The average molecular weight is 504 g/mol. The van der Waals surface area contributed by atoms with E-state index < -0.39 is 42.0 Å². The number of aliphatic hydroxyl groups is 1. The maximum Gasteiger partial charge on any atom is 0.328 e. The number of rotatable bonds is 15. The monoisotopic (exact) mass is 503 g/mol. The summed E-state index contributed by atoms with van der Waals surface area (Å²) in [5.74, 6) is -2.56. The van der Waals surface area contributed by atoms with Gasteiger partial charge in [-0.15, -0.1) is 0 Å². The van der Waals surface area contributed by atoms with E-state index in [2.05, 4.69) is 26.3 Å². The Kier molecular flexibility index (Phi) is 13.3. The Morgan fingerprint density at radius 3 is 2.29 bits per heavy atom. The van der Waals surface area contributed by atoms with Crippen LogP contribution in [0.4, 0.5) is 0 Å². The minimum atomic E-state index is -1.55. The second-order valence-electron chi connectivity index (χ2n) is 8.07. The molecule has 1 rings (SSSR count). The standard InChI is InChI=1S/C20H37N7O6S/c1-11(28)15(19(32)33)27-18(31)13(6-4-9-24-20(21)22)25-17(30)14(7-10-34-2)26-16(29)12-5-3-8-23-12/h11-15,23,28H,3-10H2,1-2H3,(H,25,30)(H,26,29)(H,27,31)(H,32,33)(H4,21,22,24). The van der Waals surface area contributed by atoms with Gasteiger partial charge >= 0.3 is 5.97 Å². The second kappa shape index (κ2) is 15.3. The first-order valence-electron chi connectivity index (χ1n) is 11.2. The first-order valence-corrected chi connectivity index (χ1v) is 12.6. The van der Waals surface area contributed by atoms with Gasteiger partial charge in [-0.05, 0) is 57.6 Å². The Labute approximate surface area is 203 Å². The third-order valence-corrected chi connectivity index (χ3v) is 5.89. The van der Waals surface area contributed by atoms with Gasteiger partial charge in [0.05, 0.1) is 12.1 Å². The zero-order valence-electron chi connectivity index (χ0n) is 19.6. The number of carboxylic acids is 1. The molecule has 194 valence electrons. The molecular weight excluding hydrogens is 466 g/mol. The third kappa shape index (κ3) is 10.6. The van der Waals surface area contributed by atoms with Crippen molar-refractivity contribution in [1.29, 1.82) is 0 Å². The number of aliphatic hydroxyl groups excluding tert-OH is 1. The Bertz CT molecular complexity index is 726. The fraction of sp³-hybridized carbons (Fsp3) is 0.750. The molecule has 5 unspecified atom stereocenters. The molecule has 14 heteroatoms. The lowest BCUT2D eigenvalue weighted by molar-refractivity contribution is -0.145. The number of thioether (sulfide) groups is 1. The lowest BCUT2D eigenvalue weighted by Crippen LogP contribution is -2.58. The van der Waals surface area contributed by atoms with Crippen LogP contribution in [-0.2, 0) is 19.2 Å². The Morgan fingerprint density at radius 2 is 1.76 bits per heavy atom. The second-order valence-corrected chi connectivity index (χ2v) is 9.05. The lowest BCUT2D eigenvalue weighted by atomic mass is 10.1. The van der Waals surface area contributed by atoms with Crippen LogP contribution in [0.1, 0.15) is 39.0 Å². The minimum absolute atomic E-state index is 0.105. The average Bonchev–Trinajstić information content (AvgIpc) is 3.31. The van der Waals surface area contributed by atoms with Crippen LogP contribution >= 0.6 is 11.8 Å². The molecule has 0 aromatic heterocycles. The molecule has 13 nitrogen and oxygen atoms in total. The highest BCUT2D eigenvalue weighted by atomic mass is 32.2. The Balaban J connectivity index is 2.94. The fourth-order valence-electron chi connectivity index (χ4n) is 3.37. The molecule has 5 atom stereocenters. The molecule has 0 spiro atoms. The van der Waals surface area contributed by atoms with Crippen LogP contribution in [0.25, 0.3) is 0 Å². The van der Waals surface area contributed by atoms with Gasteiger partial charge in [0.2, 0.25) is 17.7 Å². The van der Waals surface area contributed by atoms with Crippen LogP contribution in [0, 0.1) is 0 Å². The SMILES string of the molecule is CSCCC(NC(=O)C1CCCN1)C(=O)NC(CCCN=C(N)N)C(=O)NC(C(=O)O)C(C)O. The van der Waals surface area contributed by atoms with Crippen molar-refractivity contribution in [2.75, 3.05) is 25.1 Å². The Hall–Kier alpha value is -2.58. The summed E-state index contributed by atoms with van der Waals surface area (Å²) in [4.78, 5) is 53.6. The number of aliphatic imine (C=N–C) groups is 1. The van der Waals surface area contributed by atoms with E-state index in [1.807, 2.05) is 6.26 Å². The molecular formula is C20H37N7O6S. The van der Waals surface area contributed by atoms with E-state index in [-0.39, 0.29) is 30.9 Å². The number of amides is 3. The number of guanidine groups is 1. The van der Waals surface area contributed by atoms with Crippen molar-refractivity contribution >= 4 is 41.4 Å². The largest absolute Gasteiger partial charge is 0.480 e. The van der Waals surface area contributed by atoms with Crippen molar-refractivity contribution in [3.63, 3.8) is 0 Å². The van der Waals surface area contributed by atoms with Gasteiger partial charge in [0.15, 0.2) is 12.0 Å². The van der Waals surface area contributed by atoms with Crippen LogP contribution in [0.3, 0.4) is 0 Å². The molecule has 0 bridgehead atoms. The van der Waals surface area contributed by atoms with Crippen LogP contribution < -0.4 is 32.7 Å². The van der Waals surface area contributed by atoms with Crippen molar-refractivity contribution in [2.24, 2.45) is 16.5 Å². The van der Waals surface area contributed by atoms with Crippen molar-refractivity contribution < 1.29 is 29.4 Å². The maximum absolute atomic E-state index is 13.0. The van der Waals surface area contributed by atoms with Gasteiger partial charge in [0.25, 0.3) is 0 Å². The van der Waals surface area contributed by atoms with Gasteiger partial charge in [-0.25, -0.2) is 4.79 Å². The number of carboxylic acid groups (broad SMARTS) is 1. The normalized spacial score (nSPS) is 18.7. The topological polar surface area (TPSA) is 221 Å². The smallest absolute Gasteiger partial charge is 0.328 e. The van der Waals surface area contributed by atoms with E-state index in [0.717, 1.165) is 13.0 Å². The number of nitrogens with zero attached hydrogens (tertiary/aromatic N) is 1. The molecule has 0 aliphatic carbocycles. The zero-order valence-corrected chi connectivity index (χ0v) is 20.4. The molecule has 1 aliphatic heterocycles. The molecule has 1 aliphatic rings. The molecule has 34 heavy (non-hydrogen) atoms. The third-order valence-electron chi connectivity index (χ3n) is 5.24. The van der Waals surface area contributed by atoms with Crippen molar-refractivity contribution in [3.8, 4) is 0 Å². The van der Waals surface area contributed by atoms with Crippen molar-refractivity contribution in [3.05, 3.63) is 0 Å². The lowest BCUT2D eigenvalue weighted by Gasteiger charge is -2.25. The number of carbonyl (C=O) groups excluding carboxylic acids is 3. The molecule has 0 aromatic rings. The summed E-state index contributed by atoms with van der Waals surface area (Å²) >= 11 is 1.51. The highest BCUT2D eigenvalue weighted by Gasteiger charge is 2.32. The maximum atomic E-state index is 13.0. The zero-order chi connectivity index (χ0) is 25.7. The summed E-state index contributed by atoms with van der Waals surface area (Å²) < 4.78 is 0. The van der Waals surface area contributed by atoms with E-state index in [1.54, 1.807) is 0 Å². The molecule has 0 saturated carbocycles. The van der Waals surface area contributed by atoms with Crippen LogP contribution in [0.15, 0.2) is 4.99 Å². The number of hydrogen-bond donors (Lipinski definition) is 8. The predicted octanol–water partition coefficient (Wildman–Crippen LogP) is -2.54.